The Hall–Kier alpha value is -4.69. The number of carbonyl (C=O) groups is 2. The van der Waals surface area contributed by atoms with Crippen molar-refractivity contribution in [1.82, 2.24) is 15.3 Å². The number of aromatic nitrogens is 2. The number of imide groups is 1. The number of carbonyl (C=O) groups excluding carboxylic acids is 2. The second kappa shape index (κ2) is 8.46. The molecule has 5 aromatic rings. The van der Waals surface area contributed by atoms with E-state index in [1.54, 1.807) is 6.07 Å². The number of rotatable bonds is 4. The summed E-state index contributed by atoms with van der Waals surface area (Å²) in [7, 11) is 0. The molecule has 2 aliphatic heterocycles. The van der Waals surface area contributed by atoms with Crippen molar-refractivity contribution in [3.8, 4) is 0 Å². The fourth-order valence-corrected chi connectivity index (χ4v) is 5.33. The van der Waals surface area contributed by atoms with Crippen molar-refractivity contribution in [3.05, 3.63) is 90.0 Å². The highest BCUT2D eigenvalue weighted by molar-refractivity contribution is 6.29. The first-order chi connectivity index (χ1) is 18.2. The predicted molar refractivity (Wildman–Crippen MR) is 143 cm³/mol. The minimum absolute atomic E-state index is 0.386. The molecule has 0 aliphatic carbocycles. The molecule has 182 valence electrons. The Labute approximate surface area is 212 Å². The average Bonchev–Trinajstić information content (AvgIpc) is 3.36. The molecule has 1 fully saturated rings. The third kappa shape index (κ3) is 3.45. The summed E-state index contributed by atoms with van der Waals surface area (Å²) in [4.78, 5) is 39.0. The van der Waals surface area contributed by atoms with Gasteiger partial charge in [-0.15, -0.1) is 0 Å². The molecule has 0 atom stereocenters. The summed E-state index contributed by atoms with van der Waals surface area (Å²) in [5.41, 5.74) is 5.10. The van der Waals surface area contributed by atoms with Gasteiger partial charge in [-0.3, -0.25) is 19.8 Å². The maximum absolute atomic E-state index is 13.5. The Kier molecular flexibility index (Phi) is 4.93. The zero-order valence-electron chi connectivity index (χ0n) is 19.9. The number of fused-ring (bicyclic) bond motifs is 1. The van der Waals surface area contributed by atoms with Crippen molar-refractivity contribution in [2.24, 2.45) is 0 Å². The maximum Gasteiger partial charge on any atom is 0.260 e. The summed E-state index contributed by atoms with van der Waals surface area (Å²) in [6.07, 6.45) is 0. The van der Waals surface area contributed by atoms with Gasteiger partial charge < -0.3 is 14.6 Å². The van der Waals surface area contributed by atoms with Crippen molar-refractivity contribution in [2.45, 2.75) is 0 Å². The third-order valence-electron chi connectivity index (χ3n) is 7.01. The van der Waals surface area contributed by atoms with Gasteiger partial charge in [0.05, 0.1) is 35.5 Å². The van der Waals surface area contributed by atoms with Gasteiger partial charge in [0.2, 0.25) is 5.95 Å². The maximum atomic E-state index is 13.5. The first-order valence-electron chi connectivity index (χ1n) is 12.3. The number of imidazole rings is 1. The van der Waals surface area contributed by atoms with Crippen LogP contribution in [0.2, 0.25) is 0 Å². The first-order valence-corrected chi connectivity index (χ1v) is 12.3. The quantitative estimate of drug-likeness (QED) is 0.349. The smallest absolute Gasteiger partial charge is 0.260 e. The molecule has 1 saturated heterocycles. The van der Waals surface area contributed by atoms with E-state index in [1.807, 2.05) is 77.7 Å². The number of nitrogens with one attached hydrogen (secondary N) is 2. The van der Waals surface area contributed by atoms with Crippen molar-refractivity contribution in [1.29, 1.82) is 0 Å². The molecule has 2 aliphatic rings. The number of H-pyrrole nitrogens is 1. The fourth-order valence-electron chi connectivity index (χ4n) is 5.33. The molecule has 2 N–H and O–H groups in total. The number of hydrogen-bond donors (Lipinski definition) is 2. The lowest BCUT2D eigenvalue weighted by Gasteiger charge is -2.34. The third-order valence-corrected chi connectivity index (χ3v) is 7.01. The molecule has 7 rings (SSSR count). The Morgan fingerprint density at radius 2 is 1.65 bits per heavy atom. The zero-order valence-corrected chi connectivity index (χ0v) is 19.9. The van der Waals surface area contributed by atoms with Crippen molar-refractivity contribution < 1.29 is 14.3 Å². The normalized spacial score (nSPS) is 15.3. The first kappa shape index (κ1) is 21.6. The highest BCUT2D eigenvalue weighted by Gasteiger charge is 2.33. The highest BCUT2D eigenvalue weighted by Crippen LogP contribution is 2.44. The lowest BCUT2D eigenvalue weighted by Crippen LogP contribution is -2.38. The number of amides is 2. The topological polar surface area (TPSA) is 90.6 Å². The molecule has 0 bridgehead atoms. The van der Waals surface area contributed by atoms with E-state index in [2.05, 4.69) is 15.2 Å². The van der Waals surface area contributed by atoms with E-state index in [-0.39, 0.29) is 5.91 Å². The number of hydrogen-bond acceptors (Lipinski definition) is 6. The van der Waals surface area contributed by atoms with Gasteiger partial charge in [0.25, 0.3) is 11.8 Å². The van der Waals surface area contributed by atoms with Gasteiger partial charge in [-0.1, -0.05) is 42.5 Å². The van der Waals surface area contributed by atoms with E-state index in [9.17, 15) is 9.59 Å². The van der Waals surface area contributed by atoms with E-state index >= 15 is 0 Å². The van der Waals surface area contributed by atoms with Gasteiger partial charge in [-0.25, -0.2) is 4.98 Å². The number of para-hydroxylation sites is 3. The van der Waals surface area contributed by atoms with Gasteiger partial charge in [-0.05, 0) is 36.4 Å². The van der Waals surface area contributed by atoms with Crippen LogP contribution in [-0.2, 0) is 4.74 Å². The number of benzene rings is 4. The van der Waals surface area contributed by atoms with Crippen LogP contribution in [0.1, 0.15) is 20.7 Å². The van der Waals surface area contributed by atoms with Crippen LogP contribution in [0.25, 0.3) is 21.8 Å². The van der Waals surface area contributed by atoms with Crippen LogP contribution >= 0.6 is 0 Å². The number of ether oxygens (including phenoxy) is 1. The highest BCUT2D eigenvalue weighted by atomic mass is 16.5. The Balaban J connectivity index is 1.57. The summed E-state index contributed by atoms with van der Waals surface area (Å²) >= 11 is 0. The largest absolute Gasteiger partial charge is 0.378 e. The second-order valence-corrected chi connectivity index (χ2v) is 9.15. The van der Waals surface area contributed by atoms with Gasteiger partial charge >= 0.3 is 0 Å². The standard InChI is InChI=1S/C29H23N5O3/c35-27-20-10-6-9-19-23(33-13-15-37-16-14-33)17-24(26(25(19)20)28(36)32-27)34(18-7-2-1-3-8-18)29-30-21-11-4-5-12-22(21)31-29/h1-12,17H,13-16H2,(H,30,31)(H,32,35,36). The molecule has 37 heavy (non-hydrogen) atoms. The summed E-state index contributed by atoms with van der Waals surface area (Å²) in [6, 6.07) is 25.3. The molecule has 4 aromatic carbocycles. The van der Waals surface area contributed by atoms with Crippen molar-refractivity contribution in [3.63, 3.8) is 0 Å². The average molecular weight is 490 g/mol. The number of nitrogens with zero attached hydrogens (tertiary/aromatic N) is 3. The van der Waals surface area contributed by atoms with Crippen molar-refractivity contribution in [2.75, 3.05) is 36.1 Å². The summed E-state index contributed by atoms with van der Waals surface area (Å²) in [6.45, 7) is 2.66. The Bertz CT molecular complexity index is 1660. The van der Waals surface area contributed by atoms with E-state index in [4.69, 9.17) is 9.72 Å². The molecule has 8 heteroatoms. The zero-order chi connectivity index (χ0) is 24.9. The number of aromatic amines is 1. The predicted octanol–water partition coefficient (Wildman–Crippen LogP) is 4.91. The van der Waals surface area contributed by atoms with Gasteiger partial charge in [0, 0.05) is 40.8 Å². The lowest BCUT2D eigenvalue weighted by molar-refractivity contribution is 0.0845. The minimum Gasteiger partial charge on any atom is -0.378 e. The Morgan fingerprint density at radius 1 is 0.865 bits per heavy atom. The van der Waals surface area contributed by atoms with E-state index in [0.29, 0.717) is 54.5 Å². The van der Waals surface area contributed by atoms with Crippen molar-refractivity contribution >= 4 is 56.6 Å². The van der Waals surface area contributed by atoms with E-state index in [1.165, 1.54) is 0 Å². The van der Waals surface area contributed by atoms with E-state index in [0.717, 1.165) is 27.8 Å². The molecule has 0 unspecified atom stereocenters. The van der Waals surface area contributed by atoms with Crippen LogP contribution in [-0.4, -0.2) is 48.1 Å². The second-order valence-electron chi connectivity index (χ2n) is 9.15. The molecule has 2 amide bonds. The Morgan fingerprint density at radius 3 is 2.46 bits per heavy atom. The van der Waals surface area contributed by atoms with Crippen LogP contribution in [0.3, 0.4) is 0 Å². The molecule has 0 radical (unpaired) electrons. The number of anilines is 4. The van der Waals surface area contributed by atoms with Crippen LogP contribution in [0.5, 0.6) is 0 Å². The summed E-state index contributed by atoms with van der Waals surface area (Å²) < 4.78 is 5.61. The van der Waals surface area contributed by atoms with Crippen LogP contribution < -0.4 is 15.1 Å². The molecule has 8 nitrogen and oxygen atoms in total. The lowest BCUT2D eigenvalue weighted by atomic mass is 9.91. The van der Waals surface area contributed by atoms with Gasteiger partial charge in [0.1, 0.15) is 0 Å². The molecule has 0 saturated carbocycles. The van der Waals surface area contributed by atoms with Gasteiger partial charge in [0.15, 0.2) is 0 Å². The molecule has 1 aromatic heterocycles. The number of morpholine rings is 1. The van der Waals surface area contributed by atoms with Crippen LogP contribution in [0, 0.1) is 0 Å². The molecular weight excluding hydrogens is 466 g/mol. The SMILES string of the molecule is O=C1NC(=O)c2c(N(c3ccccc3)c3nc4ccccc4[nH]3)cc(N3CCOCC3)c3cccc1c23. The molecule has 3 heterocycles. The minimum atomic E-state index is -0.422. The fraction of sp³-hybridized carbons (Fsp3) is 0.138. The summed E-state index contributed by atoms with van der Waals surface area (Å²) in [5, 5.41) is 4.08. The summed E-state index contributed by atoms with van der Waals surface area (Å²) in [5.74, 6) is -0.226. The van der Waals surface area contributed by atoms with Gasteiger partial charge in [-0.2, -0.15) is 0 Å². The monoisotopic (exact) mass is 489 g/mol. The molecule has 0 spiro atoms. The van der Waals surface area contributed by atoms with Crippen LogP contribution in [0.4, 0.5) is 23.0 Å². The van der Waals surface area contributed by atoms with E-state index < -0.39 is 5.91 Å². The van der Waals surface area contributed by atoms with Crippen LogP contribution in [0.15, 0.2) is 78.9 Å². The molecular formula is C29H23N5O3.